The number of carbonyl (C=O) groups excluding carboxylic acids is 1. The number of nitrogens with one attached hydrogen (secondary N) is 2. The lowest BCUT2D eigenvalue weighted by Gasteiger charge is -2.05. The van der Waals surface area contributed by atoms with E-state index in [9.17, 15) is 4.79 Å². The number of hydrogen-bond acceptors (Lipinski definition) is 7. The highest BCUT2D eigenvalue weighted by molar-refractivity contribution is 7.16. The molecule has 0 aromatic carbocycles. The van der Waals surface area contributed by atoms with E-state index in [0.717, 1.165) is 28.7 Å². The minimum absolute atomic E-state index is 0.300. The van der Waals surface area contributed by atoms with Gasteiger partial charge in [-0.05, 0) is 37.7 Å². The zero-order chi connectivity index (χ0) is 20.1. The molecule has 3 aromatic heterocycles. The highest BCUT2D eigenvalue weighted by Gasteiger charge is 2.20. The lowest BCUT2D eigenvalue weighted by atomic mass is 10.2. The van der Waals surface area contributed by atoms with Gasteiger partial charge >= 0.3 is 6.03 Å². The fourth-order valence-corrected chi connectivity index (χ4v) is 3.35. The summed E-state index contributed by atoms with van der Waals surface area (Å²) >= 11 is 1.33. The van der Waals surface area contributed by atoms with Gasteiger partial charge in [0.2, 0.25) is 0 Å². The Morgan fingerprint density at radius 2 is 2.14 bits per heavy atom. The zero-order valence-corrected chi connectivity index (χ0v) is 16.8. The van der Waals surface area contributed by atoms with Crippen LogP contribution >= 0.6 is 11.3 Å². The standard InChI is InChI=1S/C20H20N6O2S/c1-13-17(5-4-15-10-16-18(24-11-15)22-7-6-21-16)29-20(25-13)26-19(27)23-8-9-28-12-14-2-3-14/h6-7,10-11,14H,2-3,8-9,12H2,1H3,(H2,23,25,26,27). The van der Waals surface area contributed by atoms with E-state index in [4.69, 9.17) is 4.74 Å². The Morgan fingerprint density at radius 1 is 1.28 bits per heavy atom. The monoisotopic (exact) mass is 408 g/mol. The van der Waals surface area contributed by atoms with Crippen LogP contribution < -0.4 is 10.6 Å². The van der Waals surface area contributed by atoms with Crippen LogP contribution in [-0.2, 0) is 4.74 Å². The van der Waals surface area contributed by atoms with Crippen molar-refractivity contribution in [2.45, 2.75) is 19.8 Å². The first kappa shape index (κ1) is 19.2. The number of pyridine rings is 1. The third kappa shape index (κ3) is 5.47. The molecule has 1 aliphatic carbocycles. The molecule has 0 aliphatic heterocycles. The SMILES string of the molecule is Cc1nc(NC(=O)NCCOCC2CC2)sc1C#Cc1cnc2nccnc2c1. The Kier molecular flexibility index (Phi) is 5.93. The smallest absolute Gasteiger partial charge is 0.321 e. The number of hydrogen-bond donors (Lipinski definition) is 2. The number of aryl methyl sites for hydroxylation is 1. The number of anilines is 1. The number of urea groups is 1. The van der Waals surface area contributed by atoms with Gasteiger partial charge in [0, 0.05) is 37.3 Å². The molecule has 1 saturated carbocycles. The summed E-state index contributed by atoms with van der Waals surface area (Å²) in [6.07, 6.45) is 7.41. The summed E-state index contributed by atoms with van der Waals surface area (Å²) in [5.74, 6) is 6.88. The molecular formula is C20H20N6O2S. The Morgan fingerprint density at radius 3 is 3.00 bits per heavy atom. The van der Waals surface area contributed by atoms with Crippen LogP contribution in [0.4, 0.5) is 9.93 Å². The van der Waals surface area contributed by atoms with Crippen molar-refractivity contribution in [3.63, 3.8) is 0 Å². The number of nitrogens with zero attached hydrogens (tertiary/aromatic N) is 4. The van der Waals surface area contributed by atoms with Gasteiger partial charge in [-0.15, -0.1) is 0 Å². The molecule has 3 heterocycles. The Labute approximate surface area is 172 Å². The van der Waals surface area contributed by atoms with E-state index in [1.807, 2.05) is 13.0 Å². The summed E-state index contributed by atoms with van der Waals surface area (Å²) in [5, 5.41) is 6.01. The van der Waals surface area contributed by atoms with Crippen LogP contribution in [0, 0.1) is 24.7 Å². The molecule has 0 radical (unpaired) electrons. The molecule has 8 nitrogen and oxygen atoms in total. The first-order chi connectivity index (χ1) is 14.2. The minimum atomic E-state index is -0.300. The molecule has 1 aliphatic rings. The Balaban J connectivity index is 1.32. The largest absolute Gasteiger partial charge is 0.379 e. The molecule has 0 unspecified atom stereocenters. The molecule has 1 fully saturated rings. The summed E-state index contributed by atoms with van der Waals surface area (Å²) in [6, 6.07) is 1.54. The molecule has 0 atom stereocenters. The maximum atomic E-state index is 12.0. The minimum Gasteiger partial charge on any atom is -0.379 e. The summed E-state index contributed by atoms with van der Waals surface area (Å²) in [7, 11) is 0. The van der Waals surface area contributed by atoms with Crippen LogP contribution in [-0.4, -0.2) is 45.7 Å². The molecule has 29 heavy (non-hydrogen) atoms. The molecule has 0 spiro atoms. The van der Waals surface area contributed by atoms with Gasteiger partial charge in [0.25, 0.3) is 0 Å². The van der Waals surface area contributed by atoms with Crippen molar-refractivity contribution >= 4 is 33.7 Å². The highest BCUT2D eigenvalue weighted by atomic mass is 32.1. The molecular weight excluding hydrogens is 388 g/mol. The lowest BCUT2D eigenvalue weighted by Crippen LogP contribution is -2.31. The van der Waals surface area contributed by atoms with E-state index in [1.165, 1.54) is 24.2 Å². The topological polar surface area (TPSA) is 102 Å². The van der Waals surface area contributed by atoms with Crippen LogP contribution in [0.3, 0.4) is 0 Å². The number of aromatic nitrogens is 4. The van der Waals surface area contributed by atoms with Gasteiger partial charge in [-0.2, -0.15) is 0 Å². The van der Waals surface area contributed by atoms with E-state index in [-0.39, 0.29) is 6.03 Å². The normalized spacial score (nSPS) is 13.0. The highest BCUT2D eigenvalue weighted by Crippen LogP contribution is 2.28. The van der Waals surface area contributed by atoms with E-state index in [2.05, 4.69) is 42.4 Å². The average molecular weight is 408 g/mol. The van der Waals surface area contributed by atoms with Crippen molar-refractivity contribution in [3.8, 4) is 11.8 Å². The molecule has 148 valence electrons. The van der Waals surface area contributed by atoms with Crippen molar-refractivity contribution < 1.29 is 9.53 Å². The molecule has 4 rings (SSSR count). The maximum absolute atomic E-state index is 12.0. The van der Waals surface area contributed by atoms with Crippen molar-refractivity contribution in [1.29, 1.82) is 0 Å². The van der Waals surface area contributed by atoms with Gasteiger partial charge in [-0.1, -0.05) is 17.3 Å². The first-order valence-corrected chi connectivity index (χ1v) is 10.2. The van der Waals surface area contributed by atoms with E-state index in [0.29, 0.717) is 29.4 Å². The molecule has 2 N–H and O–H groups in total. The molecule has 9 heteroatoms. The fraction of sp³-hybridized carbons (Fsp3) is 0.350. The summed E-state index contributed by atoms with van der Waals surface area (Å²) < 4.78 is 5.49. The van der Waals surface area contributed by atoms with Gasteiger partial charge in [0.15, 0.2) is 10.8 Å². The predicted octanol–water partition coefficient (Wildman–Crippen LogP) is 2.74. The summed E-state index contributed by atoms with van der Waals surface area (Å²) in [6.45, 7) is 3.63. The van der Waals surface area contributed by atoms with Crippen LogP contribution in [0.25, 0.3) is 11.2 Å². The second kappa shape index (κ2) is 8.94. The fourth-order valence-electron chi connectivity index (χ4n) is 2.53. The van der Waals surface area contributed by atoms with Gasteiger partial charge in [-0.3, -0.25) is 10.3 Å². The number of amides is 2. The van der Waals surface area contributed by atoms with E-state index < -0.39 is 0 Å². The van der Waals surface area contributed by atoms with Crippen molar-refractivity contribution in [3.05, 3.63) is 40.8 Å². The maximum Gasteiger partial charge on any atom is 0.321 e. The third-order valence-electron chi connectivity index (χ3n) is 4.24. The Hall–Kier alpha value is -3.09. The number of ether oxygens (including phenoxy) is 1. The Bertz CT molecular complexity index is 1080. The number of fused-ring (bicyclic) bond motifs is 1. The summed E-state index contributed by atoms with van der Waals surface area (Å²) in [4.78, 5) is 29.8. The van der Waals surface area contributed by atoms with Gasteiger partial charge in [0.1, 0.15) is 10.4 Å². The zero-order valence-electron chi connectivity index (χ0n) is 15.9. The van der Waals surface area contributed by atoms with Gasteiger partial charge in [0.05, 0.1) is 12.3 Å². The quantitative estimate of drug-likeness (QED) is 0.480. The summed E-state index contributed by atoms with van der Waals surface area (Å²) in [5.41, 5.74) is 2.78. The van der Waals surface area contributed by atoms with Crippen LogP contribution in [0.2, 0.25) is 0 Å². The number of carbonyl (C=O) groups is 1. The van der Waals surface area contributed by atoms with E-state index >= 15 is 0 Å². The van der Waals surface area contributed by atoms with Crippen molar-refractivity contribution in [2.24, 2.45) is 5.92 Å². The second-order valence-electron chi connectivity index (χ2n) is 6.71. The first-order valence-electron chi connectivity index (χ1n) is 9.36. The molecule has 2 amide bonds. The van der Waals surface area contributed by atoms with Crippen LogP contribution in [0.15, 0.2) is 24.7 Å². The average Bonchev–Trinajstić information content (AvgIpc) is 3.48. The molecule has 3 aromatic rings. The number of rotatable bonds is 6. The molecule has 0 saturated heterocycles. The van der Waals surface area contributed by atoms with Gasteiger partial charge in [-0.25, -0.2) is 19.7 Å². The third-order valence-corrected chi connectivity index (χ3v) is 5.23. The predicted molar refractivity (Wildman–Crippen MR) is 111 cm³/mol. The van der Waals surface area contributed by atoms with Crippen molar-refractivity contribution in [1.82, 2.24) is 25.3 Å². The second-order valence-corrected chi connectivity index (χ2v) is 7.70. The van der Waals surface area contributed by atoms with Crippen LogP contribution in [0.5, 0.6) is 0 Å². The molecule has 0 bridgehead atoms. The van der Waals surface area contributed by atoms with E-state index in [1.54, 1.807) is 18.6 Å². The van der Waals surface area contributed by atoms with Crippen molar-refractivity contribution in [2.75, 3.05) is 25.1 Å². The van der Waals surface area contributed by atoms with Gasteiger partial charge < -0.3 is 10.1 Å². The number of thiazole rings is 1. The van der Waals surface area contributed by atoms with Crippen LogP contribution in [0.1, 0.15) is 29.0 Å². The lowest BCUT2D eigenvalue weighted by molar-refractivity contribution is 0.127.